The zero-order valence-corrected chi connectivity index (χ0v) is 10.1. The highest BCUT2D eigenvalue weighted by Gasteiger charge is 2.05. The molecule has 3 heteroatoms. The molecule has 0 saturated carbocycles. The van der Waals surface area contributed by atoms with E-state index in [9.17, 15) is 4.79 Å². The quantitative estimate of drug-likeness (QED) is 0.762. The van der Waals surface area contributed by atoms with Crippen molar-refractivity contribution in [3.8, 4) is 0 Å². The number of hydrogen-bond acceptors (Lipinski definition) is 1. The molecule has 3 nitrogen and oxygen atoms in total. The number of amides is 1. The van der Waals surface area contributed by atoms with Crippen molar-refractivity contribution in [2.45, 2.75) is 26.2 Å². The van der Waals surface area contributed by atoms with Crippen LogP contribution in [-0.2, 0) is 0 Å². The van der Waals surface area contributed by atoms with E-state index in [4.69, 9.17) is 0 Å². The zero-order valence-electron chi connectivity index (χ0n) is 10.1. The van der Waals surface area contributed by atoms with Crippen LogP contribution in [0.4, 0.5) is 0 Å². The van der Waals surface area contributed by atoms with Crippen LogP contribution in [0.5, 0.6) is 0 Å². The number of aromatic nitrogens is 1. The molecule has 2 aromatic rings. The predicted molar refractivity (Wildman–Crippen MR) is 70.2 cm³/mol. The van der Waals surface area contributed by atoms with Gasteiger partial charge in [-0.15, -0.1) is 0 Å². The van der Waals surface area contributed by atoms with Gasteiger partial charge >= 0.3 is 0 Å². The van der Waals surface area contributed by atoms with Crippen LogP contribution in [0.25, 0.3) is 10.9 Å². The Bertz CT molecular complexity index is 502. The Morgan fingerprint density at radius 1 is 1.29 bits per heavy atom. The van der Waals surface area contributed by atoms with Gasteiger partial charge in [-0.3, -0.25) is 4.79 Å². The van der Waals surface area contributed by atoms with Crippen LogP contribution in [0.15, 0.2) is 30.5 Å². The van der Waals surface area contributed by atoms with Crippen LogP contribution in [0.2, 0.25) is 0 Å². The number of carbonyl (C=O) groups is 1. The molecule has 0 aliphatic heterocycles. The van der Waals surface area contributed by atoms with Crippen LogP contribution in [-0.4, -0.2) is 17.4 Å². The predicted octanol–water partition coefficient (Wildman–Crippen LogP) is 3.09. The van der Waals surface area contributed by atoms with Crippen LogP contribution < -0.4 is 5.32 Å². The lowest BCUT2D eigenvalue weighted by atomic mass is 10.1. The monoisotopic (exact) mass is 230 g/mol. The van der Waals surface area contributed by atoms with Crippen molar-refractivity contribution in [1.29, 1.82) is 0 Å². The highest BCUT2D eigenvalue weighted by molar-refractivity contribution is 5.97. The van der Waals surface area contributed by atoms with E-state index in [1.54, 1.807) is 0 Å². The number of rotatable bonds is 5. The van der Waals surface area contributed by atoms with Gasteiger partial charge in [0.25, 0.3) is 5.91 Å². The van der Waals surface area contributed by atoms with E-state index in [2.05, 4.69) is 17.2 Å². The number of H-pyrrole nitrogens is 1. The second-order valence-corrected chi connectivity index (χ2v) is 4.24. The Hall–Kier alpha value is -1.77. The van der Waals surface area contributed by atoms with E-state index in [0.29, 0.717) is 0 Å². The van der Waals surface area contributed by atoms with E-state index in [1.165, 1.54) is 6.42 Å². The molecule has 90 valence electrons. The molecule has 0 unspecified atom stereocenters. The minimum absolute atomic E-state index is 0.0117. The van der Waals surface area contributed by atoms with Crippen LogP contribution in [0, 0.1) is 0 Å². The molecule has 0 bridgehead atoms. The average molecular weight is 230 g/mol. The summed E-state index contributed by atoms with van der Waals surface area (Å²) >= 11 is 0. The second-order valence-electron chi connectivity index (χ2n) is 4.24. The number of fused-ring (bicyclic) bond motifs is 1. The fourth-order valence-electron chi connectivity index (χ4n) is 1.87. The van der Waals surface area contributed by atoms with Gasteiger partial charge in [-0.25, -0.2) is 0 Å². The summed E-state index contributed by atoms with van der Waals surface area (Å²) in [5.41, 5.74) is 1.72. The van der Waals surface area contributed by atoms with Crippen molar-refractivity contribution in [1.82, 2.24) is 10.3 Å². The van der Waals surface area contributed by atoms with Crippen molar-refractivity contribution in [3.05, 3.63) is 36.0 Å². The number of carbonyl (C=O) groups excluding carboxylic acids is 1. The summed E-state index contributed by atoms with van der Waals surface area (Å²) in [6.45, 7) is 2.91. The standard InChI is InChI=1S/C14H18N2O/c1-2-3-4-8-16-14(17)12-6-5-11-7-9-15-13(11)10-12/h5-7,9-10,15H,2-4,8H2,1H3,(H,16,17). The van der Waals surface area contributed by atoms with Crippen molar-refractivity contribution in [2.24, 2.45) is 0 Å². The van der Waals surface area contributed by atoms with Gasteiger partial charge in [-0.05, 0) is 30.0 Å². The summed E-state index contributed by atoms with van der Waals surface area (Å²) in [5.74, 6) is 0.0117. The molecule has 0 aliphatic rings. The van der Waals surface area contributed by atoms with Crippen LogP contribution in [0.3, 0.4) is 0 Å². The maximum absolute atomic E-state index is 11.8. The van der Waals surface area contributed by atoms with Gasteiger partial charge in [0.2, 0.25) is 0 Å². The van der Waals surface area contributed by atoms with Crippen molar-refractivity contribution >= 4 is 16.8 Å². The summed E-state index contributed by atoms with van der Waals surface area (Å²) in [5, 5.41) is 4.07. The Morgan fingerprint density at radius 2 is 2.18 bits per heavy atom. The first-order valence-electron chi connectivity index (χ1n) is 6.16. The van der Waals surface area contributed by atoms with Crippen molar-refractivity contribution in [2.75, 3.05) is 6.54 Å². The molecule has 1 amide bonds. The topological polar surface area (TPSA) is 44.9 Å². The molecular weight excluding hydrogens is 212 g/mol. The van der Waals surface area contributed by atoms with Gasteiger partial charge in [0, 0.05) is 23.8 Å². The van der Waals surface area contributed by atoms with E-state index in [0.717, 1.165) is 35.9 Å². The summed E-state index contributed by atoms with van der Waals surface area (Å²) in [4.78, 5) is 15.0. The number of nitrogens with one attached hydrogen (secondary N) is 2. The largest absolute Gasteiger partial charge is 0.361 e. The highest BCUT2D eigenvalue weighted by Crippen LogP contribution is 2.13. The molecule has 0 radical (unpaired) electrons. The molecule has 1 aromatic heterocycles. The molecule has 0 spiro atoms. The number of aromatic amines is 1. The first-order chi connectivity index (χ1) is 8.31. The minimum Gasteiger partial charge on any atom is -0.361 e. The molecule has 17 heavy (non-hydrogen) atoms. The average Bonchev–Trinajstić information content (AvgIpc) is 2.81. The maximum atomic E-state index is 11.8. The summed E-state index contributed by atoms with van der Waals surface area (Å²) in [7, 11) is 0. The smallest absolute Gasteiger partial charge is 0.251 e. The third-order valence-corrected chi connectivity index (χ3v) is 2.88. The summed E-state index contributed by atoms with van der Waals surface area (Å²) < 4.78 is 0. The molecule has 1 aromatic carbocycles. The van der Waals surface area contributed by atoms with Gasteiger partial charge in [0.05, 0.1) is 0 Å². The SMILES string of the molecule is CCCCCNC(=O)c1ccc2cc[nH]c2c1. The zero-order chi connectivity index (χ0) is 12.1. The lowest BCUT2D eigenvalue weighted by Gasteiger charge is -2.04. The molecule has 0 atom stereocenters. The molecule has 0 aliphatic carbocycles. The molecule has 1 heterocycles. The number of hydrogen-bond donors (Lipinski definition) is 2. The second kappa shape index (κ2) is 5.53. The third kappa shape index (κ3) is 2.87. The summed E-state index contributed by atoms with van der Waals surface area (Å²) in [6, 6.07) is 7.72. The highest BCUT2D eigenvalue weighted by atomic mass is 16.1. The van der Waals surface area contributed by atoms with E-state index < -0.39 is 0 Å². The molecule has 2 N–H and O–H groups in total. The fraction of sp³-hybridized carbons (Fsp3) is 0.357. The van der Waals surface area contributed by atoms with Crippen LogP contribution >= 0.6 is 0 Å². The normalized spacial score (nSPS) is 10.6. The van der Waals surface area contributed by atoms with Gasteiger partial charge in [-0.1, -0.05) is 25.8 Å². The molecule has 0 saturated heterocycles. The number of unbranched alkanes of at least 4 members (excludes halogenated alkanes) is 2. The Kier molecular flexibility index (Phi) is 3.81. The van der Waals surface area contributed by atoms with Gasteiger partial charge < -0.3 is 10.3 Å². The molecule has 0 fully saturated rings. The lowest BCUT2D eigenvalue weighted by molar-refractivity contribution is 0.0953. The number of benzene rings is 1. The van der Waals surface area contributed by atoms with E-state index in [-0.39, 0.29) is 5.91 Å². The first kappa shape index (κ1) is 11.7. The van der Waals surface area contributed by atoms with Crippen molar-refractivity contribution < 1.29 is 4.79 Å². The van der Waals surface area contributed by atoms with Crippen molar-refractivity contribution in [3.63, 3.8) is 0 Å². The molecule has 2 rings (SSSR count). The van der Waals surface area contributed by atoms with Crippen LogP contribution in [0.1, 0.15) is 36.5 Å². The van der Waals surface area contributed by atoms with Gasteiger partial charge in [-0.2, -0.15) is 0 Å². The third-order valence-electron chi connectivity index (χ3n) is 2.88. The molecular formula is C14H18N2O. The Labute approximate surface area is 101 Å². The Balaban J connectivity index is 1.98. The maximum Gasteiger partial charge on any atom is 0.251 e. The lowest BCUT2D eigenvalue weighted by Crippen LogP contribution is -2.24. The van der Waals surface area contributed by atoms with E-state index in [1.807, 2.05) is 30.5 Å². The van der Waals surface area contributed by atoms with Gasteiger partial charge in [0.15, 0.2) is 0 Å². The minimum atomic E-state index is 0.0117. The first-order valence-corrected chi connectivity index (χ1v) is 6.16. The Morgan fingerprint density at radius 3 is 3.00 bits per heavy atom. The fourth-order valence-corrected chi connectivity index (χ4v) is 1.87. The van der Waals surface area contributed by atoms with E-state index >= 15 is 0 Å². The van der Waals surface area contributed by atoms with Gasteiger partial charge in [0.1, 0.15) is 0 Å². The summed E-state index contributed by atoms with van der Waals surface area (Å²) in [6.07, 6.45) is 5.26.